The van der Waals surface area contributed by atoms with Gasteiger partial charge in [-0.05, 0) is 26.2 Å². The molecule has 0 aromatic heterocycles. The average molecular weight is 282 g/mol. The van der Waals surface area contributed by atoms with Crippen LogP contribution in [0.2, 0.25) is 0 Å². The van der Waals surface area contributed by atoms with Crippen LogP contribution in [0.15, 0.2) is 0 Å². The lowest BCUT2D eigenvalue weighted by molar-refractivity contribution is -0.140. The third-order valence-corrected chi connectivity index (χ3v) is 4.52. The normalized spacial score (nSPS) is 22.6. The molecule has 0 saturated carbocycles. The summed E-state index contributed by atoms with van der Waals surface area (Å²) in [5.41, 5.74) is -0.688. The highest BCUT2D eigenvalue weighted by molar-refractivity contribution is 5.93. The van der Waals surface area contributed by atoms with Crippen molar-refractivity contribution in [2.75, 3.05) is 6.54 Å². The molecule has 1 unspecified atom stereocenters. The van der Waals surface area contributed by atoms with Crippen molar-refractivity contribution in [3.05, 3.63) is 0 Å². The Morgan fingerprint density at radius 2 is 1.80 bits per heavy atom. The highest BCUT2D eigenvalue weighted by Crippen LogP contribution is 2.25. The van der Waals surface area contributed by atoms with Crippen LogP contribution < -0.4 is 5.32 Å². The van der Waals surface area contributed by atoms with E-state index in [-0.39, 0.29) is 17.9 Å². The summed E-state index contributed by atoms with van der Waals surface area (Å²) in [6, 6.07) is 0.00380. The van der Waals surface area contributed by atoms with Crippen LogP contribution in [0, 0.1) is 0 Å². The van der Waals surface area contributed by atoms with E-state index in [1.807, 2.05) is 25.7 Å². The Morgan fingerprint density at radius 1 is 1.15 bits per heavy atom. The van der Waals surface area contributed by atoms with E-state index in [1.54, 1.807) is 0 Å². The molecule has 1 N–H and O–H groups in total. The second kappa shape index (κ2) is 7.65. The van der Waals surface area contributed by atoms with E-state index in [1.165, 1.54) is 12.8 Å². The molecular weight excluding hydrogens is 252 g/mol. The number of nitrogens with one attached hydrogen (secondary N) is 1. The Labute approximate surface area is 123 Å². The quantitative estimate of drug-likeness (QED) is 0.730. The Balaban J connectivity index is 2.83. The molecule has 0 bridgehead atoms. The predicted octanol–water partition coefficient (Wildman–Crippen LogP) is 2.86. The topological polar surface area (TPSA) is 49.4 Å². The van der Waals surface area contributed by atoms with Crippen LogP contribution in [0.4, 0.5) is 0 Å². The molecule has 1 saturated heterocycles. The molecule has 1 fully saturated rings. The molecule has 4 heteroatoms. The van der Waals surface area contributed by atoms with Crippen molar-refractivity contribution >= 4 is 11.8 Å². The van der Waals surface area contributed by atoms with Crippen LogP contribution in [0.1, 0.15) is 72.6 Å². The smallest absolute Gasteiger partial charge is 0.248 e. The van der Waals surface area contributed by atoms with Crippen molar-refractivity contribution in [1.82, 2.24) is 10.2 Å². The van der Waals surface area contributed by atoms with Gasteiger partial charge in [0.25, 0.3) is 0 Å². The third-order valence-electron chi connectivity index (χ3n) is 4.52. The summed E-state index contributed by atoms with van der Waals surface area (Å²) in [6.07, 6.45) is 6.32. The van der Waals surface area contributed by atoms with Crippen LogP contribution >= 0.6 is 0 Å². The lowest BCUT2D eigenvalue weighted by Gasteiger charge is -2.35. The summed E-state index contributed by atoms with van der Waals surface area (Å²) in [7, 11) is 0. The van der Waals surface area contributed by atoms with Crippen molar-refractivity contribution in [3.63, 3.8) is 0 Å². The first kappa shape index (κ1) is 17.0. The van der Waals surface area contributed by atoms with Gasteiger partial charge in [0.15, 0.2) is 0 Å². The zero-order valence-electron chi connectivity index (χ0n) is 13.5. The number of hydrogen-bond acceptors (Lipinski definition) is 2. The minimum absolute atomic E-state index is 0.00380. The fourth-order valence-electron chi connectivity index (χ4n) is 2.99. The molecule has 0 aromatic carbocycles. The molecular formula is C16H30N2O2. The molecule has 0 aliphatic carbocycles. The van der Waals surface area contributed by atoms with Crippen molar-refractivity contribution in [2.45, 2.75) is 84.2 Å². The number of carbonyl (C=O) groups excluding carboxylic acids is 2. The van der Waals surface area contributed by atoms with Gasteiger partial charge in [0, 0.05) is 19.0 Å². The van der Waals surface area contributed by atoms with Gasteiger partial charge in [-0.3, -0.25) is 9.59 Å². The molecule has 1 atom stereocenters. The summed E-state index contributed by atoms with van der Waals surface area (Å²) >= 11 is 0. The molecule has 0 aromatic rings. The maximum absolute atomic E-state index is 12.9. The molecule has 1 aliphatic heterocycles. The summed E-state index contributed by atoms with van der Waals surface area (Å²) in [5.74, 6) is 0.114. The van der Waals surface area contributed by atoms with Crippen molar-refractivity contribution in [3.8, 4) is 0 Å². The van der Waals surface area contributed by atoms with Gasteiger partial charge in [-0.15, -0.1) is 0 Å². The SMILES string of the molecule is CCCCCCN1C(=O)C(CC)(CC)NC(=O)CC1C. The van der Waals surface area contributed by atoms with Gasteiger partial charge in [-0.1, -0.05) is 40.0 Å². The van der Waals surface area contributed by atoms with Gasteiger partial charge in [-0.2, -0.15) is 0 Å². The highest BCUT2D eigenvalue weighted by Gasteiger charge is 2.43. The van der Waals surface area contributed by atoms with Crippen molar-refractivity contribution < 1.29 is 9.59 Å². The van der Waals surface area contributed by atoms with E-state index in [2.05, 4.69) is 12.2 Å². The fraction of sp³-hybridized carbons (Fsp3) is 0.875. The summed E-state index contributed by atoms with van der Waals surface area (Å²) in [6.45, 7) is 8.90. The number of amides is 2. The number of nitrogens with zero attached hydrogens (tertiary/aromatic N) is 1. The third kappa shape index (κ3) is 3.74. The zero-order chi connectivity index (χ0) is 15.2. The zero-order valence-corrected chi connectivity index (χ0v) is 13.5. The van der Waals surface area contributed by atoms with Crippen LogP contribution in [0.5, 0.6) is 0 Å². The second-order valence-electron chi connectivity index (χ2n) is 5.95. The standard InChI is InChI=1S/C16H30N2O2/c1-5-8-9-10-11-18-13(4)12-14(19)17-16(6-2,7-3)15(18)20/h13H,5-12H2,1-4H3,(H,17,19). The maximum atomic E-state index is 12.9. The Bertz CT molecular complexity index is 337. The highest BCUT2D eigenvalue weighted by atomic mass is 16.2. The minimum atomic E-state index is -0.688. The Hall–Kier alpha value is -1.06. The van der Waals surface area contributed by atoms with Gasteiger partial charge >= 0.3 is 0 Å². The van der Waals surface area contributed by atoms with Gasteiger partial charge < -0.3 is 10.2 Å². The first-order valence-electron chi connectivity index (χ1n) is 8.12. The number of carbonyl (C=O) groups is 2. The van der Waals surface area contributed by atoms with E-state index in [4.69, 9.17) is 0 Å². The molecule has 1 heterocycles. The summed E-state index contributed by atoms with van der Waals surface area (Å²) in [4.78, 5) is 26.8. The van der Waals surface area contributed by atoms with E-state index >= 15 is 0 Å². The van der Waals surface area contributed by atoms with Crippen LogP contribution in [-0.2, 0) is 9.59 Å². The van der Waals surface area contributed by atoms with Crippen LogP contribution in [0.3, 0.4) is 0 Å². The van der Waals surface area contributed by atoms with Gasteiger partial charge in [0.05, 0.1) is 0 Å². The van der Waals surface area contributed by atoms with Crippen LogP contribution in [-0.4, -0.2) is 34.8 Å². The molecule has 116 valence electrons. The molecule has 0 radical (unpaired) electrons. The molecule has 1 rings (SSSR count). The molecule has 1 aliphatic rings. The van der Waals surface area contributed by atoms with E-state index < -0.39 is 5.54 Å². The fourth-order valence-corrected chi connectivity index (χ4v) is 2.99. The number of unbranched alkanes of at least 4 members (excludes halogenated alkanes) is 3. The van der Waals surface area contributed by atoms with Gasteiger partial charge in [0.1, 0.15) is 5.54 Å². The van der Waals surface area contributed by atoms with Crippen molar-refractivity contribution in [1.29, 1.82) is 0 Å². The minimum Gasteiger partial charge on any atom is -0.342 e. The molecule has 2 amide bonds. The first-order chi connectivity index (χ1) is 9.50. The molecule has 0 spiro atoms. The number of rotatable bonds is 7. The number of hydrogen-bond donors (Lipinski definition) is 1. The summed E-state index contributed by atoms with van der Waals surface area (Å²) in [5, 5.41) is 2.97. The second-order valence-corrected chi connectivity index (χ2v) is 5.95. The van der Waals surface area contributed by atoms with E-state index in [0.29, 0.717) is 19.3 Å². The monoisotopic (exact) mass is 282 g/mol. The summed E-state index contributed by atoms with van der Waals surface area (Å²) < 4.78 is 0. The van der Waals surface area contributed by atoms with E-state index in [0.717, 1.165) is 19.4 Å². The predicted molar refractivity (Wildman–Crippen MR) is 81.4 cm³/mol. The maximum Gasteiger partial charge on any atom is 0.248 e. The molecule has 4 nitrogen and oxygen atoms in total. The Kier molecular flexibility index (Phi) is 6.50. The Morgan fingerprint density at radius 3 is 2.35 bits per heavy atom. The largest absolute Gasteiger partial charge is 0.342 e. The molecule has 20 heavy (non-hydrogen) atoms. The first-order valence-corrected chi connectivity index (χ1v) is 8.12. The van der Waals surface area contributed by atoms with Gasteiger partial charge in [0.2, 0.25) is 11.8 Å². The van der Waals surface area contributed by atoms with E-state index in [9.17, 15) is 9.59 Å². The van der Waals surface area contributed by atoms with Crippen molar-refractivity contribution in [2.24, 2.45) is 0 Å². The average Bonchev–Trinajstić information content (AvgIpc) is 2.52. The van der Waals surface area contributed by atoms with Crippen LogP contribution in [0.25, 0.3) is 0 Å². The van der Waals surface area contributed by atoms with Gasteiger partial charge in [-0.25, -0.2) is 0 Å². The lowest BCUT2D eigenvalue weighted by Crippen LogP contribution is -2.57. The lowest BCUT2D eigenvalue weighted by atomic mass is 9.91.